The zero-order chi connectivity index (χ0) is 13.1. The highest BCUT2D eigenvalue weighted by Gasteiger charge is 2.47. The highest BCUT2D eigenvalue weighted by atomic mass is 32.2. The molecule has 0 bridgehead atoms. The van der Waals surface area contributed by atoms with Crippen LogP contribution in [0.4, 0.5) is 4.79 Å². The summed E-state index contributed by atoms with van der Waals surface area (Å²) in [6.45, 7) is 4.10. The predicted octanol–water partition coefficient (Wildman–Crippen LogP) is 1.51. The third kappa shape index (κ3) is 2.80. The Labute approximate surface area is 111 Å². The number of carboxylic acid groups (broad SMARTS) is 1. The van der Waals surface area contributed by atoms with E-state index >= 15 is 0 Å². The number of carbonyl (C=O) groups excluding carboxylic acids is 1. The maximum Gasteiger partial charge on any atom is 0.327 e. The van der Waals surface area contributed by atoms with Crippen molar-refractivity contribution < 1.29 is 14.7 Å². The number of carbonyl (C=O) groups is 2. The van der Waals surface area contributed by atoms with Gasteiger partial charge in [-0.05, 0) is 25.2 Å². The summed E-state index contributed by atoms with van der Waals surface area (Å²) in [5.74, 6) is 0.0554. The minimum atomic E-state index is -0.912. The van der Waals surface area contributed by atoms with E-state index in [0.29, 0.717) is 24.6 Å². The molecule has 1 heterocycles. The van der Waals surface area contributed by atoms with Gasteiger partial charge in [0.05, 0.1) is 5.37 Å². The van der Waals surface area contributed by atoms with Crippen LogP contribution in [-0.2, 0) is 4.79 Å². The number of carboxylic acids is 1. The molecule has 2 atom stereocenters. The molecule has 2 aliphatic rings. The summed E-state index contributed by atoms with van der Waals surface area (Å²) >= 11 is 1.59. The van der Waals surface area contributed by atoms with Crippen LogP contribution in [-0.4, -0.2) is 45.7 Å². The first-order valence-corrected chi connectivity index (χ1v) is 7.21. The summed E-state index contributed by atoms with van der Waals surface area (Å²) in [6, 6.07) is -0.949. The van der Waals surface area contributed by atoms with Gasteiger partial charge in [-0.3, -0.25) is 4.90 Å². The van der Waals surface area contributed by atoms with Crippen LogP contribution in [0.15, 0.2) is 12.7 Å². The van der Waals surface area contributed by atoms with E-state index in [1.807, 2.05) is 0 Å². The SMILES string of the molecule is C=CCCNC(=O)N1C(C(=O)O)CSC1C1CC1. The van der Waals surface area contributed by atoms with Crippen molar-refractivity contribution in [3.05, 3.63) is 12.7 Å². The van der Waals surface area contributed by atoms with Crippen LogP contribution >= 0.6 is 11.8 Å². The fourth-order valence-corrected chi connectivity index (χ4v) is 3.72. The molecule has 18 heavy (non-hydrogen) atoms. The Morgan fingerprint density at radius 1 is 1.50 bits per heavy atom. The van der Waals surface area contributed by atoms with E-state index in [2.05, 4.69) is 11.9 Å². The molecule has 1 saturated heterocycles. The fourth-order valence-electron chi connectivity index (χ4n) is 2.09. The maximum absolute atomic E-state index is 12.1. The van der Waals surface area contributed by atoms with Crippen LogP contribution in [0.5, 0.6) is 0 Å². The van der Waals surface area contributed by atoms with Crippen molar-refractivity contribution in [2.24, 2.45) is 5.92 Å². The molecular weight excluding hydrogens is 252 g/mol. The number of urea groups is 1. The second-order valence-electron chi connectivity index (χ2n) is 4.63. The first-order valence-electron chi connectivity index (χ1n) is 6.16. The Balaban J connectivity index is 2.00. The summed E-state index contributed by atoms with van der Waals surface area (Å²) in [7, 11) is 0. The van der Waals surface area contributed by atoms with Gasteiger partial charge in [-0.1, -0.05) is 6.08 Å². The van der Waals surface area contributed by atoms with Crippen LogP contribution in [0.2, 0.25) is 0 Å². The third-order valence-electron chi connectivity index (χ3n) is 3.20. The van der Waals surface area contributed by atoms with Gasteiger partial charge in [0.1, 0.15) is 6.04 Å². The molecule has 0 radical (unpaired) electrons. The molecule has 5 nitrogen and oxygen atoms in total. The number of aliphatic carboxylic acids is 1. The van der Waals surface area contributed by atoms with Crippen molar-refractivity contribution in [2.45, 2.75) is 30.7 Å². The smallest absolute Gasteiger partial charge is 0.327 e. The average Bonchev–Trinajstić information content (AvgIpc) is 3.07. The van der Waals surface area contributed by atoms with Crippen molar-refractivity contribution in [3.8, 4) is 0 Å². The molecule has 100 valence electrons. The fraction of sp³-hybridized carbons (Fsp3) is 0.667. The molecule has 0 aromatic heterocycles. The van der Waals surface area contributed by atoms with Crippen LogP contribution in [0.3, 0.4) is 0 Å². The molecule has 2 fully saturated rings. The van der Waals surface area contributed by atoms with Gasteiger partial charge in [-0.25, -0.2) is 9.59 Å². The van der Waals surface area contributed by atoms with Crippen molar-refractivity contribution >= 4 is 23.8 Å². The summed E-state index contributed by atoms with van der Waals surface area (Å²) in [4.78, 5) is 24.8. The second kappa shape index (κ2) is 5.65. The van der Waals surface area contributed by atoms with Gasteiger partial charge in [0.15, 0.2) is 0 Å². The number of thioether (sulfide) groups is 1. The normalized spacial score (nSPS) is 27.0. The number of hydrogen-bond acceptors (Lipinski definition) is 3. The lowest BCUT2D eigenvalue weighted by Crippen LogP contribution is -2.50. The summed E-state index contributed by atoms with van der Waals surface area (Å²) in [5.41, 5.74) is 0. The van der Waals surface area contributed by atoms with Crippen molar-refractivity contribution in [3.63, 3.8) is 0 Å². The molecule has 1 aliphatic heterocycles. The first-order chi connectivity index (χ1) is 8.65. The lowest BCUT2D eigenvalue weighted by Gasteiger charge is -2.27. The Kier molecular flexibility index (Phi) is 4.16. The van der Waals surface area contributed by atoms with Gasteiger partial charge in [-0.2, -0.15) is 0 Å². The maximum atomic E-state index is 12.1. The van der Waals surface area contributed by atoms with Gasteiger partial charge in [0.2, 0.25) is 0 Å². The van der Waals surface area contributed by atoms with E-state index < -0.39 is 12.0 Å². The molecule has 6 heteroatoms. The van der Waals surface area contributed by atoms with Crippen molar-refractivity contribution in [1.82, 2.24) is 10.2 Å². The van der Waals surface area contributed by atoms with E-state index in [1.165, 1.54) is 4.90 Å². The van der Waals surface area contributed by atoms with Crippen molar-refractivity contribution in [2.75, 3.05) is 12.3 Å². The molecular formula is C12H18N2O3S. The summed E-state index contributed by atoms with van der Waals surface area (Å²) in [6.07, 6.45) is 4.62. The average molecular weight is 270 g/mol. The molecule has 0 spiro atoms. The van der Waals surface area contributed by atoms with E-state index in [0.717, 1.165) is 12.8 Å². The Hall–Kier alpha value is -1.17. The molecule has 2 rings (SSSR count). The quantitative estimate of drug-likeness (QED) is 0.587. The van der Waals surface area contributed by atoms with Crippen LogP contribution in [0.25, 0.3) is 0 Å². The van der Waals surface area contributed by atoms with E-state index in [-0.39, 0.29) is 11.4 Å². The molecule has 2 unspecified atom stereocenters. The van der Waals surface area contributed by atoms with Gasteiger partial charge in [0, 0.05) is 12.3 Å². The van der Waals surface area contributed by atoms with Gasteiger partial charge in [-0.15, -0.1) is 18.3 Å². The molecule has 1 aliphatic carbocycles. The zero-order valence-electron chi connectivity index (χ0n) is 10.2. The van der Waals surface area contributed by atoms with Gasteiger partial charge in [0.25, 0.3) is 0 Å². The molecule has 2 amide bonds. The lowest BCUT2D eigenvalue weighted by atomic mass is 10.2. The predicted molar refractivity (Wildman–Crippen MR) is 70.4 cm³/mol. The largest absolute Gasteiger partial charge is 0.480 e. The van der Waals surface area contributed by atoms with Gasteiger partial charge >= 0.3 is 12.0 Å². The zero-order valence-corrected chi connectivity index (χ0v) is 11.0. The molecule has 2 N–H and O–H groups in total. The van der Waals surface area contributed by atoms with E-state index in [1.54, 1.807) is 17.8 Å². The standard InChI is InChI=1S/C12H18N2O3S/c1-2-3-6-13-12(17)14-9(11(15)16)7-18-10(14)8-4-5-8/h2,8-10H,1,3-7H2,(H,13,17)(H,15,16). The number of hydrogen-bond donors (Lipinski definition) is 2. The van der Waals surface area contributed by atoms with Crippen LogP contribution < -0.4 is 5.32 Å². The van der Waals surface area contributed by atoms with Gasteiger partial charge < -0.3 is 10.4 Å². The minimum Gasteiger partial charge on any atom is -0.480 e. The number of amides is 2. The minimum absolute atomic E-state index is 0.0369. The van der Waals surface area contributed by atoms with Crippen LogP contribution in [0, 0.1) is 5.92 Å². The highest BCUT2D eigenvalue weighted by Crippen LogP contribution is 2.45. The number of nitrogens with zero attached hydrogens (tertiary/aromatic N) is 1. The van der Waals surface area contributed by atoms with Crippen LogP contribution in [0.1, 0.15) is 19.3 Å². The van der Waals surface area contributed by atoms with Crippen molar-refractivity contribution in [1.29, 1.82) is 0 Å². The second-order valence-corrected chi connectivity index (χ2v) is 5.78. The first kappa shape index (κ1) is 13.3. The Morgan fingerprint density at radius 2 is 2.22 bits per heavy atom. The number of nitrogens with one attached hydrogen (secondary N) is 1. The lowest BCUT2D eigenvalue weighted by molar-refractivity contribution is -0.141. The molecule has 0 aromatic carbocycles. The Morgan fingerprint density at radius 3 is 2.78 bits per heavy atom. The number of rotatable bonds is 5. The summed E-state index contributed by atoms with van der Waals surface area (Å²) < 4.78 is 0. The monoisotopic (exact) mass is 270 g/mol. The van der Waals surface area contributed by atoms with E-state index in [4.69, 9.17) is 0 Å². The highest BCUT2D eigenvalue weighted by molar-refractivity contribution is 8.00. The summed E-state index contributed by atoms with van der Waals surface area (Å²) in [5, 5.41) is 12.0. The molecule has 1 saturated carbocycles. The topological polar surface area (TPSA) is 69.6 Å². The van der Waals surface area contributed by atoms with E-state index in [9.17, 15) is 14.7 Å². The Bertz CT molecular complexity index is 357. The molecule has 0 aromatic rings. The third-order valence-corrected chi connectivity index (χ3v) is 4.67.